The third kappa shape index (κ3) is 3.81. The molecule has 3 rings (SSSR count). The normalized spacial score (nSPS) is 21.2. The summed E-state index contributed by atoms with van der Waals surface area (Å²) >= 11 is 7.29. The minimum absolute atomic E-state index is 0. The summed E-state index contributed by atoms with van der Waals surface area (Å²) in [6, 6.07) is 5.48. The molecule has 1 fully saturated rings. The highest BCUT2D eigenvalue weighted by Gasteiger charge is 2.24. The standard InChI is InChI=1S/C14H16ClN3O2S.ClH/c1-8-7-16-5-4-9(8)17-14(19)10-6-11(20-18-10)12-2-3-13(15)21-12;/h2-3,6,8-9,16H,4-5,7H2,1H3,(H,17,19);1H. The fourth-order valence-corrected chi connectivity index (χ4v) is 3.41. The number of thiophene rings is 1. The largest absolute Gasteiger partial charge is 0.355 e. The van der Waals surface area contributed by atoms with Crippen molar-refractivity contribution in [2.45, 2.75) is 19.4 Å². The summed E-state index contributed by atoms with van der Waals surface area (Å²) in [5.41, 5.74) is 0.306. The highest BCUT2D eigenvalue weighted by molar-refractivity contribution is 7.19. The van der Waals surface area contributed by atoms with Gasteiger partial charge in [-0.2, -0.15) is 0 Å². The maximum Gasteiger partial charge on any atom is 0.273 e. The van der Waals surface area contributed by atoms with Crippen molar-refractivity contribution in [1.82, 2.24) is 15.8 Å². The van der Waals surface area contributed by atoms with Crippen LogP contribution in [0.1, 0.15) is 23.8 Å². The molecule has 1 amide bonds. The van der Waals surface area contributed by atoms with Crippen molar-refractivity contribution in [2.24, 2.45) is 5.92 Å². The van der Waals surface area contributed by atoms with Gasteiger partial charge in [0, 0.05) is 12.1 Å². The zero-order chi connectivity index (χ0) is 14.8. The number of carbonyl (C=O) groups excluding carboxylic acids is 1. The van der Waals surface area contributed by atoms with Crippen molar-refractivity contribution in [3.63, 3.8) is 0 Å². The predicted molar refractivity (Wildman–Crippen MR) is 90.0 cm³/mol. The van der Waals surface area contributed by atoms with E-state index in [0.29, 0.717) is 21.7 Å². The molecule has 0 aliphatic carbocycles. The van der Waals surface area contributed by atoms with E-state index in [-0.39, 0.29) is 24.4 Å². The van der Waals surface area contributed by atoms with Gasteiger partial charge in [-0.1, -0.05) is 23.7 Å². The Morgan fingerprint density at radius 1 is 1.55 bits per heavy atom. The van der Waals surface area contributed by atoms with Gasteiger partial charge in [-0.25, -0.2) is 0 Å². The molecule has 3 heterocycles. The molecule has 2 atom stereocenters. The van der Waals surface area contributed by atoms with Gasteiger partial charge in [-0.15, -0.1) is 23.7 Å². The number of piperidine rings is 1. The maximum absolute atomic E-state index is 12.2. The van der Waals surface area contributed by atoms with Gasteiger partial charge in [0.25, 0.3) is 5.91 Å². The molecule has 0 saturated carbocycles. The Labute approximate surface area is 143 Å². The molecule has 2 unspecified atom stereocenters. The Hall–Kier alpha value is -1.08. The first kappa shape index (κ1) is 17.3. The monoisotopic (exact) mass is 361 g/mol. The van der Waals surface area contributed by atoms with Crippen LogP contribution in [0.2, 0.25) is 4.34 Å². The van der Waals surface area contributed by atoms with Crippen LogP contribution in [0.5, 0.6) is 0 Å². The van der Waals surface area contributed by atoms with Crippen molar-refractivity contribution in [3.8, 4) is 10.6 Å². The summed E-state index contributed by atoms with van der Waals surface area (Å²) in [7, 11) is 0. The van der Waals surface area contributed by atoms with Crippen molar-refractivity contribution in [2.75, 3.05) is 13.1 Å². The quantitative estimate of drug-likeness (QED) is 0.880. The van der Waals surface area contributed by atoms with Gasteiger partial charge in [0.2, 0.25) is 0 Å². The van der Waals surface area contributed by atoms with Gasteiger partial charge < -0.3 is 15.2 Å². The van der Waals surface area contributed by atoms with E-state index in [0.717, 1.165) is 24.4 Å². The highest BCUT2D eigenvalue weighted by atomic mass is 35.5. The van der Waals surface area contributed by atoms with E-state index in [1.165, 1.54) is 11.3 Å². The van der Waals surface area contributed by atoms with Crippen LogP contribution in [0.3, 0.4) is 0 Å². The molecular weight excluding hydrogens is 345 g/mol. The summed E-state index contributed by atoms with van der Waals surface area (Å²) in [5.74, 6) is 0.784. The highest BCUT2D eigenvalue weighted by Crippen LogP contribution is 2.31. The van der Waals surface area contributed by atoms with E-state index >= 15 is 0 Å². The smallest absolute Gasteiger partial charge is 0.273 e. The summed E-state index contributed by atoms with van der Waals surface area (Å²) in [6.45, 7) is 3.97. The number of hydrogen-bond acceptors (Lipinski definition) is 5. The maximum atomic E-state index is 12.2. The van der Waals surface area contributed by atoms with Crippen LogP contribution in [0.25, 0.3) is 10.6 Å². The van der Waals surface area contributed by atoms with Gasteiger partial charge in [-0.3, -0.25) is 4.79 Å². The second-order valence-corrected chi connectivity index (χ2v) is 6.95. The van der Waals surface area contributed by atoms with Crippen LogP contribution >= 0.6 is 35.3 Å². The number of halogens is 2. The Morgan fingerprint density at radius 3 is 3.05 bits per heavy atom. The van der Waals surface area contributed by atoms with E-state index in [4.69, 9.17) is 16.1 Å². The molecule has 22 heavy (non-hydrogen) atoms. The van der Waals surface area contributed by atoms with E-state index in [2.05, 4.69) is 22.7 Å². The molecule has 1 aliphatic heterocycles. The Morgan fingerprint density at radius 2 is 2.36 bits per heavy atom. The lowest BCUT2D eigenvalue weighted by Gasteiger charge is -2.29. The van der Waals surface area contributed by atoms with Crippen LogP contribution in [0.4, 0.5) is 0 Å². The number of nitrogens with one attached hydrogen (secondary N) is 2. The van der Waals surface area contributed by atoms with Crippen molar-refractivity contribution in [3.05, 3.63) is 28.2 Å². The predicted octanol–water partition coefficient (Wildman–Crippen LogP) is 3.21. The average Bonchev–Trinajstić information content (AvgIpc) is 3.10. The molecule has 2 aromatic rings. The number of rotatable bonds is 3. The first-order valence-corrected chi connectivity index (χ1v) is 8.07. The molecule has 2 N–H and O–H groups in total. The third-order valence-electron chi connectivity index (χ3n) is 3.66. The van der Waals surface area contributed by atoms with E-state index in [1.54, 1.807) is 12.1 Å². The van der Waals surface area contributed by atoms with Crippen molar-refractivity contribution < 1.29 is 9.32 Å². The van der Waals surface area contributed by atoms with Gasteiger partial charge in [-0.05, 0) is 37.6 Å². The number of nitrogens with zero attached hydrogens (tertiary/aromatic N) is 1. The average molecular weight is 362 g/mol. The zero-order valence-corrected chi connectivity index (χ0v) is 14.4. The first-order chi connectivity index (χ1) is 10.1. The van der Waals surface area contributed by atoms with Crippen LogP contribution in [0.15, 0.2) is 22.7 Å². The van der Waals surface area contributed by atoms with Gasteiger partial charge in [0.15, 0.2) is 11.5 Å². The molecule has 8 heteroatoms. The summed E-state index contributed by atoms with van der Waals surface area (Å²) in [4.78, 5) is 13.1. The van der Waals surface area contributed by atoms with Crippen LogP contribution in [-0.4, -0.2) is 30.2 Å². The molecular formula is C14H17Cl2N3O2S. The molecule has 120 valence electrons. The molecule has 0 spiro atoms. The van der Waals surface area contributed by atoms with Gasteiger partial charge in [0.05, 0.1) is 9.21 Å². The van der Waals surface area contributed by atoms with E-state index < -0.39 is 0 Å². The van der Waals surface area contributed by atoms with E-state index in [1.807, 2.05) is 6.07 Å². The number of aromatic nitrogens is 1. The molecule has 2 aromatic heterocycles. The Bertz CT molecular complexity index is 644. The van der Waals surface area contributed by atoms with E-state index in [9.17, 15) is 4.79 Å². The SMILES string of the molecule is CC1CNCCC1NC(=O)c1cc(-c2ccc(Cl)s2)on1.Cl. The Kier molecular flexibility index (Phi) is 5.86. The van der Waals surface area contributed by atoms with Crippen LogP contribution in [0, 0.1) is 5.92 Å². The fourth-order valence-electron chi connectivity index (χ4n) is 2.42. The van der Waals surface area contributed by atoms with Crippen LogP contribution in [-0.2, 0) is 0 Å². The van der Waals surface area contributed by atoms with Gasteiger partial charge in [0.1, 0.15) is 0 Å². The lowest BCUT2D eigenvalue weighted by molar-refractivity contribution is 0.0905. The molecule has 0 radical (unpaired) electrons. The number of carbonyl (C=O) groups is 1. The second-order valence-electron chi connectivity index (χ2n) is 5.23. The number of amides is 1. The molecule has 1 aliphatic rings. The fraction of sp³-hybridized carbons (Fsp3) is 0.429. The topological polar surface area (TPSA) is 67.2 Å². The lowest BCUT2D eigenvalue weighted by Crippen LogP contribution is -2.48. The summed E-state index contributed by atoms with van der Waals surface area (Å²) in [6.07, 6.45) is 0.929. The number of hydrogen-bond donors (Lipinski definition) is 2. The molecule has 5 nitrogen and oxygen atoms in total. The minimum atomic E-state index is -0.189. The molecule has 0 bridgehead atoms. The summed E-state index contributed by atoms with van der Waals surface area (Å²) in [5, 5.41) is 10.2. The second kappa shape index (κ2) is 7.46. The first-order valence-electron chi connectivity index (χ1n) is 6.87. The van der Waals surface area contributed by atoms with Crippen molar-refractivity contribution in [1.29, 1.82) is 0 Å². The Balaban J connectivity index is 0.00000176. The zero-order valence-electron chi connectivity index (χ0n) is 12.0. The summed E-state index contributed by atoms with van der Waals surface area (Å²) < 4.78 is 5.91. The minimum Gasteiger partial charge on any atom is -0.355 e. The third-order valence-corrected chi connectivity index (χ3v) is 4.91. The lowest BCUT2D eigenvalue weighted by atomic mass is 9.95. The molecule has 0 aromatic carbocycles. The van der Waals surface area contributed by atoms with Gasteiger partial charge >= 0.3 is 0 Å². The molecule has 1 saturated heterocycles. The van der Waals surface area contributed by atoms with Crippen LogP contribution < -0.4 is 10.6 Å². The van der Waals surface area contributed by atoms with Crippen molar-refractivity contribution >= 4 is 41.3 Å².